The van der Waals surface area contributed by atoms with Crippen molar-refractivity contribution in [2.24, 2.45) is 0 Å². The van der Waals surface area contributed by atoms with E-state index < -0.39 is 0 Å². The van der Waals surface area contributed by atoms with Crippen molar-refractivity contribution in [3.8, 4) is 17.1 Å². The van der Waals surface area contributed by atoms with Gasteiger partial charge in [-0.1, -0.05) is 76.9 Å². The van der Waals surface area contributed by atoms with E-state index in [0.717, 1.165) is 16.7 Å². The Hall–Kier alpha value is -3.64. The Morgan fingerprint density at radius 2 is 1.81 bits per heavy atom. The number of carbonyl (C=O) groups is 1. The number of hydrogen-bond donors (Lipinski definition) is 0. The maximum Gasteiger partial charge on any atom is 0.257 e. The van der Waals surface area contributed by atoms with Gasteiger partial charge in [-0.2, -0.15) is 4.98 Å². The molecule has 0 aliphatic rings. The van der Waals surface area contributed by atoms with Crippen LogP contribution in [0, 0.1) is 6.92 Å². The Balaban J connectivity index is 1.48. The van der Waals surface area contributed by atoms with Crippen LogP contribution in [-0.2, 0) is 13.2 Å². The number of halogens is 1. The summed E-state index contributed by atoms with van der Waals surface area (Å²) in [6.45, 7) is 2.51. The number of nitrogens with zero attached hydrogens (tertiary/aromatic N) is 3. The van der Waals surface area contributed by atoms with E-state index in [2.05, 4.69) is 10.1 Å². The first-order chi connectivity index (χ1) is 15.5. The molecule has 1 heterocycles. The highest BCUT2D eigenvalue weighted by Gasteiger charge is 2.20. The molecule has 162 valence electrons. The molecule has 0 spiro atoms. The van der Waals surface area contributed by atoms with Gasteiger partial charge in [-0.05, 0) is 30.7 Å². The predicted octanol–water partition coefficient (Wildman–Crippen LogP) is 5.55. The lowest BCUT2D eigenvalue weighted by Gasteiger charge is -2.18. The minimum atomic E-state index is -0.259. The van der Waals surface area contributed by atoms with Crippen molar-refractivity contribution >= 4 is 17.5 Å². The van der Waals surface area contributed by atoms with E-state index in [1.807, 2.05) is 61.5 Å². The van der Waals surface area contributed by atoms with Crippen LogP contribution in [0.4, 0.5) is 0 Å². The van der Waals surface area contributed by atoms with Gasteiger partial charge in [-0.15, -0.1) is 0 Å². The summed E-state index contributed by atoms with van der Waals surface area (Å²) in [5, 5.41) is 4.48. The number of amides is 1. The molecule has 4 aromatic rings. The van der Waals surface area contributed by atoms with E-state index in [4.69, 9.17) is 20.9 Å². The van der Waals surface area contributed by atoms with E-state index in [-0.39, 0.29) is 12.5 Å². The molecule has 0 N–H and O–H groups in total. The fraction of sp³-hybridized carbons (Fsp3) is 0.160. The molecular weight excluding hydrogens is 426 g/mol. The van der Waals surface area contributed by atoms with Crippen molar-refractivity contribution in [1.82, 2.24) is 15.0 Å². The standard InChI is InChI=1S/C25H22ClN3O3/c1-17-8-10-19(11-9-17)24-27-23(32-28-24)15-29(2)25(30)21-14-20(26)12-13-22(21)31-16-18-6-4-3-5-7-18/h3-14H,15-16H2,1-2H3. The number of aryl methyl sites for hydroxylation is 1. The number of rotatable bonds is 7. The second-order valence-electron chi connectivity index (χ2n) is 7.45. The lowest BCUT2D eigenvalue weighted by molar-refractivity contribution is 0.0764. The fourth-order valence-electron chi connectivity index (χ4n) is 3.15. The first-order valence-electron chi connectivity index (χ1n) is 10.1. The molecule has 1 amide bonds. The van der Waals surface area contributed by atoms with Gasteiger partial charge in [0.2, 0.25) is 11.7 Å². The summed E-state index contributed by atoms with van der Waals surface area (Å²) in [7, 11) is 1.67. The Bertz CT molecular complexity index is 1210. The van der Waals surface area contributed by atoms with Gasteiger partial charge in [-0.3, -0.25) is 4.79 Å². The van der Waals surface area contributed by atoms with Gasteiger partial charge in [0.1, 0.15) is 18.9 Å². The summed E-state index contributed by atoms with van der Waals surface area (Å²) < 4.78 is 11.3. The van der Waals surface area contributed by atoms with Crippen LogP contribution >= 0.6 is 11.6 Å². The van der Waals surface area contributed by atoms with Crippen LogP contribution < -0.4 is 4.74 Å². The average Bonchev–Trinajstić information content (AvgIpc) is 3.27. The van der Waals surface area contributed by atoms with Crippen LogP contribution in [0.1, 0.15) is 27.4 Å². The minimum absolute atomic E-state index is 0.155. The smallest absolute Gasteiger partial charge is 0.257 e. The van der Waals surface area contributed by atoms with Crippen molar-refractivity contribution in [1.29, 1.82) is 0 Å². The third kappa shape index (κ3) is 5.15. The first kappa shape index (κ1) is 21.6. The summed E-state index contributed by atoms with van der Waals surface area (Å²) in [4.78, 5) is 19.1. The molecule has 0 unspecified atom stereocenters. The van der Waals surface area contributed by atoms with Crippen LogP contribution in [0.3, 0.4) is 0 Å². The van der Waals surface area contributed by atoms with Crippen LogP contribution in [0.5, 0.6) is 5.75 Å². The molecule has 4 rings (SSSR count). The molecule has 0 bridgehead atoms. The Morgan fingerprint density at radius 1 is 1.06 bits per heavy atom. The van der Waals surface area contributed by atoms with E-state index >= 15 is 0 Å². The third-order valence-corrected chi connectivity index (χ3v) is 5.14. The molecule has 6 nitrogen and oxygen atoms in total. The largest absolute Gasteiger partial charge is 0.488 e. The predicted molar refractivity (Wildman–Crippen MR) is 122 cm³/mol. The van der Waals surface area contributed by atoms with E-state index in [1.165, 1.54) is 4.90 Å². The zero-order chi connectivity index (χ0) is 22.5. The van der Waals surface area contributed by atoms with E-state index in [0.29, 0.717) is 34.7 Å². The first-order valence-corrected chi connectivity index (χ1v) is 10.5. The molecule has 0 saturated heterocycles. The van der Waals surface area contributed by atoms with Crippen molar-refractivity contribution < 1.29 is 14.1 Å². The van der Waals surface area contributed by atoms with Gasteiger partial charge in [0.25, 0.3) is 5.91 Å². The molecule has 0 radical (unpaired) electrons. The lowest BCUT2D eigenvalue weighted by Crippen LogP contribution is -2.27. The van der Waals surface area contributed by atoms with Crippen LogP contribution in [0.15, 0.2) is 77.3 Å². The van der Waals surface area contributed by atoms with Crippen molar-refractivity contribution in [3.05, 3.63) is 100 Å². The van der Waals surface area contributed by atoms with Gasteiger partial charge in [0.05, 0.1) is 5.56 Å². The Labute approximate surface area is 191 Å². The highest BCUT2D eigenvalue weighted by Crippen LogP contribution is 2.26. The molecule has 0 atom stereocenters. The summed E-state index contributed by atoms with van der Waals surface area (Å²) in [5.41, 5.74) is 3.37. The maximum absolute atomic E-state index is 13.1. The second-order valence-corrected chi connectivity index (χ2v) is 7.89. The normalized spacial score (nSPS) is 10.7. The molecule has 3 aromatic carbocycles. The minimum Gasteiger partial charge on any atom is -0.488 e. The Morgan fingerprint density at radius 3 is 2.56 bits per heavy atom. The summed E-state index contributed by atoms with van der Waals surface area (Å²) >= 11 is 6.16. The number of hydrogen-bond acceptors (Lipinski definition) is 5. The van der Waals surface area contributed by atoms with E-state index in [9.17, 15) is 4.79 Å². The molecular formula is C25H22ClN3O3. The average molecular weight is 448 g/mol. The fourth-order valence-corrected chi connectivity index (χ4v) is 3.32. The van der Waals surface area contributed by atoms with Crippen molar-refractivity contribution in [3.63, 3.8) is 0 Å². The number of ether oxygens (including phenoxy) is 1. The molecule has 7 heteroatoms. The van der Waals surface area contributed by atoms with E-state index in [1.54, 1.807) is 25.2 Å². The van der Waals surface area contributed by atoms with Crippen LogP contribution in [-0.4, -0.2) is 28.0 Å². The summed E-state index contributed by atoms with van der Waals surface area (Å²) in [5.74, 6) is 1.02. The SMILES string of the molecule is Cc1ccc(-c2noc(CN(C)C(=O)c3cc(Cl)ccc3OCc3ccccc3)n2)cc1. The molecule has 1 aromatic heterocycles. The zero-order valence-electron chi connectivity index (χ0n) is 17.8. The number of aromatic nitrogens is 2. The van der Waals surface area contributed by atoms with Crippen molar-refractivity contribution in [2.75, 3.05) is 7.05 Å². The zero-order valence-corrected chi connectivity index (χ0v) is 18.5. The molecule has 0 saturated carbocycles. The number of carbonyl (C=O) groups excluding carboxylic acids is 1. The van der Waals surface area contributed by atoms with Gasteiger partial charge in [-0.25, -0.2) is 0 Å². The topological polar surface area (TPSA) is 68.5 Å². The van der Waals surface area contributed by atoms with Crippen LogP contribution in [0.2, 0.25) is 5.02 Å². The molecule has 0 aliphatic carbocycles. The molecule has 32 heavy (non-hydrogen) atoms. The van der Waals surface area contributed by atoms with Gasteiger partial charge >= 0.3 is 0 Å². The number of benzene rings is 3. The quantitative estimate of drug-likeness (QED) is 0.371. The monoisotopic (exact) mass is 447 g/mol. The highest BCUT2D eigenvalue weighted by molar-refractivity contribution is 6.31. The highest BCUT2D eigenvalue weighted by atomic mass is 35.5. The third-order valence-electron chi connectivity index (χ3n) is 4.91. The lowest BCUT2D eigenvalue weighted by atomic mass is 10.1. The molecule has 0 fully saturated rings. The second kappa shape index (κ2) is 9.66. The van der Waals surface area contributed by atoms with Gasteiger partial charge in [0, 0.05) is 17.6 Å². The van der Waals surface area contributed by atoms with Gasteiger partial charge in [0.15, 0.2) is 0 Å². The maximum atomic E-state index is 13.1. The van der Waals surface area contributed by atoms with Crippen LogP contribution in [0.25, 0.3) is 11.4 Å². The Kier molecular flexibility index (Phi) is 6.52. The summed E-state index contributed by atoms with van der Waals surface area (Å²) in [6.07, 6.45) is 0. The molecule has 0 aliphatic heterocycles. The van der Waals surface area contributed by atoms with Crippen molar-refractivity contribution in [2.45, 2.75) is 20.1 Å². The summed E-state index contributed by atoms with van der Waals surface area (Å²) in [6, 6.07) is 22.6. The van der Waals surface area contributed by atoms with Gasteiger partial charge < -0.3 is 14.2 Å².